The summed E-state index contributed by atoms with van der Waals surface area (Å²) in [6.45, 7) is 7.11. The summed E-state index contributed by atoms with van der Waals surface area (Å²) in [5.74, 6) is -0.753. The molecule has 2 saturated heterocycles. The summed E-state index contributed by atoms with van der Waals surface area (Å²) in [6.07, 6.45) is 1.50. The van der Waals surface area contributed by atoms with Gasteiger partial charge in [0, 0.05) is 32.7 Å². The number of amides is 1. The Morgan fingerprint density at radius 1 is 1.16 bits per heavy atom. The van der Waals surface area contributed by atoms with E-state index in [0.717, 1.165) is 39.1 Å². The molecule has 1 amide bonds. The molecule has 1 N–H and O–H groups in total. The summed E-state index contributed by atoms with van der Waals surface area (Å²) in [7, 11) is 0. The van der Waals surface area contributed by atoms with Crippen LogP contribution in [0.15, 0.2) is 24.3 Å². The van der Waals surface area contributed by atoms with Gasteiger partial charge in [0.25, 0.3) is 0 Å². The van der Waals surface area contributed by atoms with Gasteiger partial charge in [0.05, 0.1) is 6.54 Å². The van der Waals surface area contributed by atoms with E-state index in [1.165, 1.54) is 11.1 Å². The van der Waals surface area contributed by atoms with Gasteiger partial charge in [-0.15, -0.1) is 0 Å². The first-order chi connectivity index (χ1) is 12.0. The highest BCUT2D eigenvalue weighted by Gasteiger charge is 2.33. The molecule has 2 heterocycles. The maximum Gasteiger partial charge on any atom is 0.320 e. The Hall–Kier alpha value is -1.92. The van der Waals surface area contributed by atoms with Gasteiger partial charge in [-0.3, -0.25) is 19.4 Å². The van der Waals surface area contributed by atoms with Crippen molar-refractivity contribution >= 4 is 11.9 Å². The van der Waals surface area contributed by atoms with E-state index in [4.69, 9.17) is 0 Å². The molecule has 0 spiro atoms. The Labute approximate surface area is 149 Å². The zero-order valence-electron chi connectivity index (χ0n) is 14.9. The minimum absolute atomic E-state index is 0.0587. The molecule has 6 nitrogen and oxygen atoms in total. The van der Waals surface area contributed by atoms with E-state index >= 15 is 0 Å². The standard InChI is InChI=1S/C19H27N3O3/c1-15-4-2-5-16(12-15)13-20-8-10-21(11-9-20)18(23)14-22-7-3-6-17(22)19(24)25/h2,4-5,12,17H,3,6-11,13-14H2,1H3,(H,24,25)/t17-/m1/s1. The maximum atomic E-state index is 12.5. The van der Waals surface area contributed by atoms with Crippen LogP contribution in [-0.4, -0.2) is 77.0 Å². The number of hydrogen-bond acceptors (Lipinski definition) is 4. The first-order valence-corrected chi connectivity index (χ1v) is 9.05. The highest BCUT2D eigenvalue weighted by atomic mass is 16.4. The minimum Gasteiger partial charge on any atom is -0.480 e. The second-order valence-corrected chi connectivity index (χ2v) is 7.11. The number of carbonyl (C=O) groups excluding carboxylic acids is 1. The number of aliphatic carboxylic acids is 1. The van der Waals surface area contributed by atoms with Crippen LogP contribution in [0.5, 0.6) is 0 Å². The number of benzene rings is 1. The van der Waals surface area contributed by atoms with E-state index in [2.05, 4.69) is 36.1 Å². The first-order valence-electron chi connectivity index (χ1n) is 9.05. The smallest absolute Gasteiger partial charge is 0.320 e. The van der Waals surface area contributed by atoms with E-state index in [1.54, 1.807) is 0 Å². The van der Waals surface area contributed by atoms with E-state index in [-0.39, 0.29) is 12.5 Å². The number of aryl methyl sites for hydroxylation is 1. The van der Waals surface area contributed by atoms with Gasteiger partial charge in [0.2, 0.25) is 5.91 Å². The summed E-state index contributed by atoms with van der Waals surface area (Å²) in [6, 6.07) is 8.04. The van der Waals surface area contributed by atoms with E-state index in [9.17, 15) is 14.7 Å². The van der Waals surface area contributed by atoms with Crippen molar-refractivity contribution in [3.8, 4) is 0 Å². The molecule has 1 aromatic rings. The van der Waals surface area contributed by atoms with Crippen molar-refractivity contribution in [1.29, 1.82) is 0 Å². The Morgan fingerprint density at radius 3 is 2.60 bits per heavy atom. The fraction of sp³-hybridized carbons (Fsp3) is 0.579. The summed E-state index contributed by atoms with van der Waals surface area (Å²) >= 11 is 0. The molecule has 0 aliphatic carbocycles. The second kappa shape index (κ2) is 7.97. The fourth-order valence-corrected chi connectivity index (χ4v) is 3.79. The normalized spacial score (nSPS) is 22.3. The van der Waals surface area contributed by atoms with E-state index < -0.39 is 12.0 Å². The van der Waals surface area contributed by atoms with Gasteiger partial charge >= 0.3 is 5.97 Å². The largest absolute Gasteiger partial charge is 0.480 e. The van der Waals surface area contributed by atoms with Crippen molar-refractivity contribution in [3.05, 3.63) is 35.4 Å². The highest BCUT2D eigenvalue weighted by Crippen LogP contribution is 2.18. The van der Waals surface area contributed by atoms with E-state index in [0.29, 0.717) is 13.0 Å². The van der Waals surface area contributed by atoms with Crippen molar-refractivity contribution in [3.63, 3.8) is 0 Å². The van der Waals surface area contributed by atoms with Crippen LogP contribution in [0.4, 0.5) is 0 Å². The third kappa shape index (κ3) is 4.58. The van der Waals surface area contributed by atoms with Crippen LogP contribution in [-0.2, 0) is 16.1 Å². The summed E-state index contributed by atoms with van der Waals surface area (Å²) in [5.41, 5.74) is 2.58. The molecule has 0 bridgehead atoms. The summed E-state index contributed by atoms with van der Waals surface area (Å²) < 4.78 is 0. The molecule has 2 aliphatic rings. The number of piperazine rings is 1. The lowest BCUT2D eigenvalue weighted by atomic mass is 10.1. The molecular formula is C19H27N3O3. The zero-order chi connectivity index (χ0) is 17.8. The molecular weight excluding hydrogens is 318 g/mol. The molecule has 0 aromatic heterocycles. The lowest BCUT2D eigenvalue weighted by Crippen LogP contribution is -2.51. The number of carboxylic acid groups (broad SMARTS) is 1. The monoisotopic (exact) mass is 345 g/mol. The number of carboxylic acids is 1. The fourth-order valence-electron chi connectivity index (χ4n) is 3.79. The molecule has 0 unspecified atom stereocenters. The van der Waals surface area contributed by atoms with Gasteiger partial charge in [-0.1, -0.05) is 29.8 Å². The maximum absolute atomic E-state index is 12.5. The number of nitrogens with zero attached hydrogens (tertiary/aromatic N) is 3. The van der Waals surface area contributed by atoms with Gasteiger partial charge in [0.15, 0.2) is 0 Å². The molecule has 0 radical (unpaired) electrons. The lowest BCUT2D eigenvalue weighted by Gasteiger charge is -2.35. The number of rotatable bonds is 5. The van der Waals surface area contributed by atoms with Gasteiger partial charge in [-0.25, -0.2) is 0 Å². The number of likely N-dealkylation sites (tertiary alicyclic amines) is 1. The van der Waals surface area contributed by atoms with Crippen LogP contribution in [0, 0.1) is 6.92 Å². The van der Waals surface area contributed by atoms with Crippen molar-refractivity contribution in [1.82, 2.24) is 14.7 Å². The summed E-state index contributed by atoms with van der Waals surface area (Å²) in [5, 5.41) is 9.23. The molecule has 6 heteroatoms. The third-order valence-electron chi connectivity index (χ3n) is 5.20. The van der Waals surface area contributed by atoms with Crippen LogP contribution in [0.2, 0.25) is 0 Å². The molecule has 3 rings (SSSR count). The van der Waals surface area contributed by atoms with Crippen molar-refractivity contribution in [2.24, 2.45) is 0 Å². The molecule has 2 aliphatic heterocycles. The highest BCUT2D eigenvalue weighted by molar-refractivity contribution is 5.80. The van der Waals surface area contributed by atoms with Crippen molar-refractivity contribution < 1.29 is 14.7 Å². The van der Waals surface area contributed by atoms with Crippen LogP contribution in [0.1, 0.15) is 24.0 Å². The first kappa shape index (κ1) is 17.9. The topological polar surface area (TPSA) is 64.1 Å². The quantitative estimate of drug-likeness (QED) is 0.868. The predicted molar refractivity (Wildman–Crippen MR) is 95.3 cm³/mol. The zero-order valence-corrected chi connectivity index (χ0v) is 14.9. The van der Waals surface area contributed by atoms with Gasteiger partial charge < -0.3 is 10.0 Å². The minimum atomic E-state index is -0.812. The van der Waals surface area contributed by atoms with Crippen LogP contribution in [0.25, 0.3) is 0 Å². The summed E-state index contributed by atoms with van der Waals surface area (Å²) in [4.78, 5) is 29.8. The molecule has 1 aromatic carbocycles. The second-order valence-electron chi connectivity index (χ2n) is 7.11. The number of carbonyl (C=O) groups is 2. The number of hydrogen-bond donors (Lipinski definition) is 1. The molecule has 0 saturated carbocycles. The van der Waals surface area contributed by atoms with Crippen LogP contribution >= 0.6 is 0 Å². The van der Waals surface area contributed by atoms with Crippen molar-refractivity contribution in [2.75, 3.05) is 39.3 Å². The predicted octanol–water partition coefficient (Wildman–Crippen LogP) is 1.19. The Morgan fingerprint density at radius 2 is 1.92 bits per heavy atom. The van der Waals surface area contributed by atoms with Gasteiger partial charge in [0.1, 0.15) is 6.04 Å². The Bertz CT molecular complexity index is 626. The average molecular weight is 345 g/mol. The molecule has 1 atom stereocenters. The molecule has 2 fully saturated rings. The van der Waals surface area contributed by atoms with Crippen LogP contribution < -0.4 is 0 Å². The van der Waals surface area contributed by atoms with Gasteiger partial charge in [-0.05, 0) is 31.9 Å². The molecule has 25 heavy (non-hydrogen) atoms. The van der Waals surface area contributed by atoms with E-state index in [1.807, 2.05) is 9.80 Å². The average Bonchev–Trinajstić information content (AvgIpc) is 3.04. The SMILES string of the molecule is Cc1cccc(CN2CCN(C(=O)CN3CCC[C@@H]3C(=O)O)CC2)c1. The molecule has 136 valence electrons. The Balaban J connectivity index is 1.47. The van der Waals surface area contributed by atoms with Crippen LogP contribution in [0.3, 0.4) is 0 Å². The van der Waals surface area contributed by atoms with Gasteiger partial charge in [-0.2, -0.15) is 0 Å². The third-order valence-corrected chi connectivity index (χ3v) is 5.20. The Kier molecular flexibility index (Phi) is 5.71. The lowest BCUT2D eigenvalue weighted by molar-refractivity contribution is -0.143. The van der Waals surface area contributed by atoms with Crippen molar-refractivity contribution in [2.45, 2.75) is 32.4 Å².